The minimum absolute atomic E-state index is 0.0248. The van der Waals surface area contributed by atoms with E-state index in [1.165, 1.54) is 8.61 Å². The van der Waals surface area contributed by atoms with Crippen LogP contribution in [0.5, 0.6) is 34.5 Å². The van der Waals surface area contributed by atoms with E-state index in [9.17, 15) is 27.0 Å². The predicted octanol–water partition coefficient (Wildman–Crippen LogP) is 11.1. The average Bonchev–Trinajstić information content (AvgIpc) is 3.42. The molecule has 0 radical (unpaired) electrons. The lowest BCUT2D eigenvalue weighted by Crippen LogP contribution is -2.36. The number of phenolic OH excluding ortho intramolecular Hbond substituents is 2. The largest absolute Gasteiger partial charge is 0.507 e. The van der Waals surface area contributed by atoms with Crippen LogP contribution in [0.3, 0.4) is 0 Å². The van der Waals surface area contributed by atoms with Crippen LogP contribution in [-0.4, -0.2) is 75.2 Å². The van der Waals surface area contributed by atoms with E-state index in [1.807, 2.05) is 123 Å². The highest BCUT2D eigenvalue weighted by Gasteiger charge is 2.30. The Morgan fingerprint density at radius 2 is 0.662 bits per heavy atom. The van der Waals surface area contributed by atoms with Crippen molar-refractivity contribution in [2.24, 2.45) is 0 Å². The number of ether oxygens (including phenoxy) is 4. The molecule has 0 amide bonds. The van der Waals surface area contributed by atoms with Gasteiger partial charge in [-0.15, -0.1) is 0 Å². The summed E-state index contributed by atoms with van der Waals surface area (Å²) in [7, 11) is -8.26. The highest BCUT2D eigenvalue weighted by Crippen LogP contribution is 2.39. The Labute approximate surface area is 451 Å². The molecule has 11 rings (SSSR count). The first kappa shape index (κ1) is 52.8. The monoisotopic (exact) mass is 1070 g/mol. The van der Waals surface area contributed by atoms with Crippen molar-refractivity contribution in [3.05, 3.63) is 237 Å². The van der Waals surface area contributed by atoms with Gasteiger partial charge in [0.05, 0.1) is 9.79 Å². The Morgan fingerprint density at radius 3 is 1.01 bits per heavy atom. The fourth-order valence-corrected chi connectivity index (χ4v) is 13.0. The number of hydrogen-bond donors (Lipinski definition) is 2. The van der Waals surface area contributed by atoms with Crippen LogP contribution in [0, 0.1) is 13.8 Å². The molecule has 2 N–H and O–H groups in total. The Morgan fingerprint density at radius 1 is 0.364 bits per heavy atom. The molecule has 0 spiro atoms. The molecule has 396 valence electrons. The fraction of sp³-hybridized carbons (Fsp3) is 0.238. The van der Waals surface area contributed by atoms with Crippen LogP contribution in [0.15, 0.2) is 180 Å². The summed E-state index contributed by atoms with van der Waals surface area (Å²) < 4.78 is 88.1. The van der Waals surface area contributed by atoms with Gasteiger partial charge < -0.3 is 29.2 Å². The Bertz CT molecular complexity index is 3300. The van der Waals surface area contributed by atoms with Crippen LogP contribution < -0.4 is 18.9 Å². The zero-order valence-corrected chi connectivity index (χ0v) is 44.9. The van der Waals surface area contributed by atoms with E-state index in [2.05, 4.69) is 0 Å². The van der Waals surface area contributed by atoms with Crippen molar-refractivity contribution < 1.29 is 46.0 Å². The number of fused-ring (bicyclic) bond motifs is 12. The highest BCUT2D eigenvalue weighted by atomic mass is 32.2. The molecule has 10 bridgehead atoms. The predicted molar refractivity (Wildman–Crippen MR) is 297 cm³/mol. The number of phenols is 2. The molecule has 8 aromatic carbocycles. The first-order valence-electron chi connectivity index (χ1n) is 25.9. The lowest BCUT2D eigenvalue weighted by molar-refractivity contribution is 0.212. The minimum Gasteiger partial charge on any atom is -0.507 e. The van der Waals surface area contributed by atoms with Crippen molar-refractivity contribution in [3.8, 4) is 34.5 Å². The van der Waals surface area contributed by atoms with Crippen molar-refractivity contribution in [1.82, 2.24) is 8.61 Å². The lowest BCUT2D eigenvalue weighted by Gasteiger charge is -2.27. The molecule has 0 fully saturated rings. The van der Waals surface area contributed by atoms with Crippen molar-refractivity contribution in [3.63, 3.8) is 0 Å². The summed E-state index contributed by atoms with van der Waals surface area (Å²) in [6.07, 6.45) is 1.54. The van der Waals surface area contributed by atoms with Crippen LogP contribution in [-0.2, 0) is 58.8 Å². The maximum absolute atomic E-state index is 14.7. The van der Waals surface area contributed by atoms with E-state index < -0.39 is 20.0 Å². The number of rotatable bonds is 4. The van der Waals surface area contributed by atoms with Gasteiger partial charge in [0.1, 0.15) is 60.9 Å². The fourth-order valence-electron chi connectivity index (χ4n) is 10.1. The maximum atomic E-state index is 14.7. The van der Waals surface area contributed by atoms with E-state index in [0.717, 1.165) is 33.4 Å². The van der Waals surface area contributed by atoms with Crippen molar-refractivity contribution in [1.29, 1.82) is 0 Å². The maximum Gasteiger partial charge on any atom is 0.243 e. The first-order chi connectivity index (χ1) is 37.3. The topological polar surface area (TPSA) is 152 Å². The molecule has 2 aliphatic heterocycles. The summed E-state index contributed by atoms with van der Waals surface area (Å²) in [5.41, 5.74) is 9.19. The van der Waals surface area contributed by atoms with Gasteiger partial charge in [-0.1, -0.05) is 145 Å². The molecule has 0 atom stereocenters. The van der Waals surface area contributed by atoms with E-state index in [-0.39, 0.29) is 80.3 Å². The third-order valence-electron chi connectivity index (χ3n) is 14.2. The van der Waals surface area contributed by atoms with Gasteiger partial charge in [-0.3, -0.25) is 0 Å². The number of para-hydroxylation sites is 6. The Hall–Kier alpha value is -7.62. The molecule has 14 heteroatoms. The van der Waals surface area contributed by atoms with Gasteiger partial charge in [0.15, 0.2) is 0 Å². The number of aryl methyl sites for hydroxylation is 2. The third-order valence-corrected chi connectivity index (χ3v) is 18.0. The normalized spacial score (nSPS) is 15.4. The van der Waals surface area contributed by atoms with Gasteiger partial charge in [0, 0.05) is 63.0 Å². The summed E-state index contributed by atoms with van der Waals surface area (Å²) in [5, 5.41) is 24.1. The number of benzene rings is 8. The molecule has 0 aromatic heterocycles. The van der Waals surface area contributed by atoms with Crippen molar-refractivity contribution >= 4 is 20.0 Å². The smallest absolute Gasteiger partial charge is 0.243 e. The van der Waals surface area contributed by atoms with Crippen molar-refractivity contribution in [2.75, 3.05) is 39.5 Å². The zero-order chi connectivity index (χ0) is 53.5. The van der Waals surface area contributed by atoms with Gasteiger partial charge in [0.2, 0.25) is 20.0 Å². The quantitative estimate of drug-likeness (QED) is 0.174. The Balaban J connectivity index is 1.07. The molecular weight excluding hydrogens is 1010 g/mol. The molecule has 0 unspecified atom stereocenters. The third kappa shape index (κ3) is 12.0. The second-order valence-electron chi connectivity index (χ2n) is 19.6. The average molecular weight is 1070 g/mol. The van der Waals surface area contributed by atoms with Gasteiger partial charge in [-0.25, -0.2) is 16.8 Å². The molecule has 12 nitrogen and oxygen atoms in total. The van der Waals surface area contributed by atoms with Crippen LogP contribution in [0.25, 0.3) is 0 Å². The zero-order valence-electron chi connectivity index (χ0n) is 43.2. The molecular formula is C63H62N2O10S2. The first-order valence-corrected chi connectivity index (χ1v) is 28.8. The van der Waals surface area contributed by atoms with Gasteiger partial charge in [0.25, 0.3) is 0 Å². The number of sulfonamides is 2. The second-order valence-corrected chi connectivity index (χ2v) is 23.5. The minimum atomic E-state index is -4.13. The van der Waals surface area contributed by atoms with Crippen LogP contribution in [0.4, 0.5) is 0 Å². The van der Waals surface area contributed by atoms with Crippen LogP contribution in [0.2, 0.25) is 0 Å². The number of nitrogens with zero attached hydrogens (tertiary/aromatic N) is 2. The molecule has 0 saturated carbocycles. The van der Waals surface area contributed by atoms with Gasteiger partial charge in [-0.2, -0.15) is 8.61 Å². The van der Waals surface area contributed by atoms with Gasteiger partial charge in [-0.05, 0) is 101 Å². The molecule has 77 heavy (non-hydrogen) atoms. The summed E-state index contributed by atoms with van der Waals surface area (Å²) >= 11 is 0. The van der Waals surface area contributed by atoms with Gasteiger partial charge >= 0.3 is 0 Å². The SMILES string of the molecule is Cc1ccc(S(=O)(=O)N2CCCN(S(=O)(=O)c3ccc(C)cc3)Cc3ccccc3OCCOc3c4cccc3Cc3cccc(c3O)Cc3cccc(c3OCCOc3ccccc3C2)Cc2cccc(c2O)C4)cc1. The molecule has 3 aliphatic rings. The summed E-state index contributed by atoms with van der Waals surface area (Å²) in [6.45, 7) is 4.00. The standard InChI is InChI=1S/C63H62N2O10S2/c1-44-24-28-56(29-25-44)76(68,69)64-32-11-33-65(77(70,71)57-30-26-45(2)27-31-57)43-55-13-4-6-23-59(55)73-35-37-75-63-52-20-10-21-53(63)41-49-17-8-15-47(61(49)67)39-51-19-9-18-50(38-46-14-7-16-48(40-52)60(46)66)62(51)74-36-34-72-58-22-5-3-12-54(58)42-64/h3-10,12-31,66-67H,11,32-43H2,1-2H3. The Kier molecular flexibility index (Phi) is 16.0. The molecule has 0 saturated heterocycles. The lowest BCUT2D eigenvalue weighted by atomic mass is 9.91. The van der Waals surface area contributed by atoms with E-state index in [1.54, 1.807) is 60.7 Å². The molecule has 2 heterocycles. The van der Waals surface area contributed by atoms with Crippen molar-refractivity contribution in [2.45, 2.75) is 68.8 Å². The summed E-state index contributed by atoms with van der Waals surface area (Å²) in [4.78, 5) is 0.223. The van der Waals surface area contributed by atoms with E-state index in [0.29, 0.717) is 82.1 Å². The van der Waals surface area contributed by atoms with E-state index in [4.69, 9.17) is 18.9 Å². The summed E-state index contributed by atoms with van der Waals surface area (Å²) in [5.74, 6) is 2.48. The number of aromatic hydroxyl groups is 2. The number of hydrogen-bond acceptors (Lipinski definition) is 10. The second kappa shape index (κ2) is 23.3. The molecule has 1 aliphatic carbocycles. The van der Waals surface area contributed by atoms with Crippen LogP contribution in [0.1, 0.15) is 73.2 Å². The summed E-state index contributed by atoms with van der Waals surface area (Å²) in [6, 6.07) is 51.3. The van der Waals surface area contributed by atoms with Crippen LogP contribution >= 0.6 is 0 Å². The highest BCUT2D eigenvalue weighted by molar-refractivity contribution is 7.89. The van der Waals surface area contributed by atoms with E-state index >= 15 is 0 Å². The molecule has 8 aromatic rings.